The van der Waals surface area contributed by atoms with Gasteiger partial charge in [0.05, 0.1) is 36.1 Å². The van der Waals surface area contributed by atoms with E-state index in [2.05, 4.69) is 30.9 Å². The molecule has 1 fully saturated rings. The summed E-state index contributed by atoms with van der Waals surface area (Å²) in [5.41, 5.74) is 2.84. The Balaban J connectivity index is 1.25. The molecule has 0 saturated carbocycles. The number of benzene rings is 2. The van der Waals surface area contributed by atoms with Crippen LogP contribution in [-0.2, 0) is 29.0 Å². The number of aliphatic hydroxyl groups is 1. The maximum absolute atomic E-state index is 14.6. The minimum Gasteiger partial charge on any atom is -0.465 e. The first-order valence-corrected chi connectivity index (χ1v) is 20.6. The van der Waals surface area contributed by atoms with E-state index in [1.54, 1.807) is 55.5 Å². The van der Waals surface area contributed by atoms with Crippen molar-refractivity contribution in [3.63, 3.8) is 0 Å². The molecule has 61 heavy (non-hydrogen) atoms. The van der Waals surface area contributed by atoms with Gasteiger partial charge in [-0.05, 0) is 59.4 Å². The second kappa shape index (κ2) is 18.9. The number of urea groups is 1. The van der Waals surface area contributed by atoms with Crippen LogP contribution in [0.5, 0.6) is 0 Å². The van der Waals surface area contributed by atoms with Gasteiger partial charge in [0, 0.05) is 37.1 Å². The van der Waals surface area contributed by atoms with E-state index < -0.39 is 59.0 Å². The fourth-order valence-corrected chi connectivity index (χ4v) is 7.95. The number of rotatable bonds is 16. The molecule has 6 rings (SSSR count). The zero-order valence-electron chi connectivity index (χ0n) is 35.7. The Hall–Kier alpha value is -6.35. The zero-order valence-corrected chi connectivity index (χ0v) is 35.7. The van der Waals surface area contributed by atoms with Crippen molar-refractivity contribution >= 4 is 29.5 Å². The van der Waals surface area contributed by atoms with Gasteiger partial charge < -0.3 is 36.0 Å². The summed E-state index contributed by atoms with van der Waals surface area (Å²) in [6, 6.07) is 21.0. The molecule has 4 heterocycles. The van der Waals surface area contributed by atoms with Gasteiger partial charge in [0.1, 0.15) is 24.2 Å². The first kappa shape index (κ1) is 44.2. The van der Waals surface area contributed by atoms with Gasteiger partial charge >= 0.3 is 12.1 Å². The van der Waals surface area contributed by atoms with Crippen LogP contribution in [0.2, 0.25) is 0 Å². The van der Waals surface area contributed by atoms with Gasteiger partial charge in [-0.25, -0.2) is 19.6 Å². The van der Waals surface area contributed by atoms with E-state index >= 15 is 0 Å². The minimum absolute atomic E-state index is 0.0131. The molecule has 2 aromatic carbocycles. The summed E-state index contributed by atoms with van der Waals surface area (Å²) in [4.78, 5) is 70.8. The molecule has 5 N–H and O–H groups in total. The number of carboxylic acid groups (broad SMARTS) is 1. The van der Waals surface area contributed by atoms with Gasteiger partial charge in [0.25, 0.3) is 0 Å². The molecule has 1 aliphatic heterocycles. The number of nitrogens with zero attached hydrogens (tertiary/aromatic N) is 6. The molecule has 5 aromatic rings. The molecule has 3 aromatic heterocycles. The molecule has 15 nitrogen and oxygen atoms in total. The molecule has 0 bridgehead atoms. The van der Waals surface area contributed by atoms with Crippen molar-refractivity contribution in [2.45, 2.75) is 97.6 Å². The first-order chi connectivity index (χ1) is 29.0. The summed E-state index contributed by atoms with van der Waals surface area (Å²) in [6.07, 6.45) is 4.84. The fraction of sp³-hybridized carbons (Fsp3) is 0.413. The smallest absolute Gasteiger partial charge is 0.405 e. The number of hydrogen-bond acceptors (Lipinski definition) is 8. The number of fused-ring (bicyclic) bond motifs is 1. The van der Waals surface area contributed by atoms with Crippen molar-refractivity contribution in [1.29, 1.82) is 0 Å². The molecular formula is C46H57N9O6. The lowest BCUT2D eigenvalue weighted by molar-refractivity contribution is -0.131. The number of nitrogens with one attached hydrogen (secondary N) is 3. The number of carbonyl (C=O) groups excluding carboxylic acids is 3. The normalized spacial score (nSPS) is 15.8. The number of imidazole rings is 1. The molecule has 322 valence electrons. The van der Waals surface area contributed by atoms with E-state index in [0.29, 0.717) is 25.3 Å². The molecule has 0 radical (unpaired) electrons. The molecule has 15 heteroatoms. The van der Waals surface area contributed by atoms with Gasteiger partial charge in [0.15, 0.2) is 0 Å². The van der Waals surface area contributed by atoms with Crippen LogP contribution < -0.4 is 16.0 Å². The van der Waals surface area contributed by atoms with E-state index in [-0.39, 0.29) is 25.4 Å². The van der Waals surface area contributed by atoms with Crippen LogP contribution in [0.15, 0.2) is 104 Å². The zero-order chi connectivity index (χ0) is 43.9. The first-order valence-electron chi connectivity index (χ1n) is 20.6. The van der Waals surface area contributed by atoms with Crippen molar-refractivity contribution in [2.75, 3.05) is 13.1 Å². The van der Waals surface area contributed by atoms with Crippen molar-refractivity contribution in [1.82, 2.24) is 45.1 Å². The van der Waals surface area contributed by atoms with Crippen molar-refractivity contribution in [2.24, 2.45) is 10.8 Å². The third-order valence-corrected chi connectivity index (χ3v) is 11.0. The maximum atomic E-state index is 14.6. The van der Waals surface area contributed by atoms with E-state index in [1.807, 2.05) is 104 Å². The second-order valence-electron chi connectivity index (χ2n) is 17.9. The molecular weight excluding hydrogens is 775 g/mol. The van der Waals surface area contributed by atoms with Gasteiger partial charge in [-0.2, -0.15) is 0 Å². The standard InChI is InChI=1S/C46H57N9O6/c1-45(2,3)39(52-43(59)60)41(57)50-33(24-31-15-17-32(18-16-31)35-14-10-11-20-48-35)26-37(56)36(25-30-12-8-7-9-13-30)51-42(58)40(46(4,5)6)54-23-22-53(44(54)61)28-38-49-27-34-19-21-47-29-55(34)38/h7-21,27,29,33,36-37,39-40,52,56H,22-26,28H2,1-6H3,(H,50,57)(H,51,58)(H,59,60)/t33-,36-,37-,39+,40+/m0/s1. The summed E-state index contributed by atoms with van der Waals surface area (Å²) in [6.45, 7) is 12.0. The third kappa shape index (κ3) is 11.3. The van der Waals surface area contributed by atoms with Crippen LogP contribution in [-0.4, -0.2) is 107 Å². The van der Waals surface area contributed by atoms with Crippen molar-refractivity contribution < 1.29 is 29.4 Å². The SMILES string of the molecule is CC(C)(C)[C@H](NC(=O)O)C(=O)N[C@@H](Cc1ccc(-c2ccccn2)cc1)C[C@H](O)[C@H](Cc1ccccc1)NC(=O)[C@@H](N1CCN(Cc2ncc3ccncn23)C1=O)C(C)(C)C. The summed E-state index contributed by atoms with van der Waals surface area (Å²) >= 11 is 0. The van der Waals surface area contributed by atoms with Crippen LogP contribution in [0.3, 0.4) is 0 Å². The average molecular weight is 832 g/mol. The van der Waals surface area contributed by atoms with Gasteiger partial charge in [-0.1, -0.05) is 102 Å². The number of pyridine rings is 1. The molecule has 1 saturated heterocycles. The number of aliphatic hydroxyl groups excluding tert-OH is 1. The topological polar surface area (TPSA) is 194 Å². The van der Waals surface area contributed by atoms with E-state index in [0.717, 1.165) is 27.9 Å². The largest absolute Gasteiger partial charge is 0.465 e. The number of aromatic nitrogens is 4. The molecule has 0 aliphatic carbocycles. The lowest BCUT2D eigenvalue weighted by atomic mass is 9.84. The Kier molecular flexibility index (Phi) is 13.7. The Morgan fingerprint density at radius 2 is 1.48 bits per heavy atom. The van der Waals surface area contributed by atoms with E-state index in [4.69, 9.17) is 0 Å². The Morgan fingerprint density at radius 1 is 0.770 bits per heavy atom. The molecule has 0 unspecified atom stereocenters. The molecule has 5 atom stereocenters. The predicted molar refractivity (Wildman–Crippen MR) is 231 cm³/mol. The Labute approximate surface area is 356 Å². The monoisotopic (exact) mass is 831 g/mol. The van der Waals surface area contributed by atoms with E-state index in [1.165, 1.54) is 0 Å². The van der Waals surface area contributed by atoms with Crippen LogP contribution in [0.25, 0.3) is 16.8 Å². The van der Waals surface area contributed by atoms with Gasteiger partial charge in [-0.3, -0.25) is 19.0 Å². The Morgan fingerprint density at radius 3 is 2.13 bits per heavy atom. The number of carbonyl (C=O) groups is 4. The highest BCUT2D eigenvalue weighted by molar-refractivity contribution is 5.89. The molecule has 5 amide bonds. The highest BCUT2D eigenvalue weighted by Gasteiger charge is 2.45. The van der Waals surface area contributed by atoms with Crippen molar-refractivity contribution in [3.05, 3.63) is 121 Å². The number of amides is 5. The average Bonchev–Trinajstić information content (AvgIpc) is 3.79. The summed E-state index contributed by atoms with van der Waals surface area (Å²) in [7, 11) is 0. The lowest BCUT2D eigenvalue weighted by Gasteiger charge is -2.38. The fourth-order valence-electron chi connectivity index (χ4n) is 7.95. The van der Waals surface area contributed by atoms with Crippen LogP contribution in [0.1, 0.15) is 64.9 Å². The van der Waals surface area contributed by atoms with Crippen LogP contribution >= 0.6 is 0 Å². The van der Waals surface area contributed by atoms with Crippen LogP contribution in [0, 0.1) is 10.8 Å². The van der Waals surface area contributed by atoms with Crippen LogP contribution in [0.4, 0.5) is 9.59 Å². The maximum Gasteiger partial charge on any atom is 0.405 e. The number of hydrogen-bond donors (Lipinski definition) is 5. The Bertz CT molecular complexity index is 2270. The third-order valence-electron chi connectivity index (χ3n) is 11.0. The lowest BCUT2D eigenvalue weighted by Crippen LogP contribution is -2.59. The summed E-state index contributed by atoms with van der Waals surface area (Å²) in [5.74, 6) is -0.299. The molecule has 1 aliphatic rings. The minimum atomic E-state index is -1.33. The highest BCUT2D eigenvalue weighted by atomic mass is 16.4. The summed E-state index contributed by atoms with van der Waals surface area (Å²) < 4.78 is 1.83. The summed E-state index contributed by atoms with van der Waals surface area (Å²) in [5, 5.41) is 30.4. The quantitative estimate of drug-likeness (QED) is 0.0874. The van der Waals surface area contributed by atoms with Gasteiger partial charge in [0.2, 0.25) is 11.8 Å². The van der Waals surface area contributed by atoms with Gasteiger partial charge in [-0.15, -0.1) is 0 Å². The van der Waals surface area contributed by atoms with E-state index in [9.17, 15) is 29.4 Å². The van der Waals surface area contributed by atoms with Crippen molar-refractivity contribution in [3.8, 4) is 11.3 Å². The predicted octanol–water partition coefficient (Wildman–Crippen LogP) is 5.33. The molecule has 0 spiro atoms. The highest BCUT2D eigenvalue weighted by Crippen LogP contribution is 2.29. The second-order valence-corrected chi connectivity index (χ2v) is 17.9.